The number of hydrogen-bond acceptors (Lipinski definition) is 8. The van der Waals surface area contributed by atoms with Gasteiger partial charge in [0.2, 0.25) is 0 Å². The Kier molecular flexibility index (Phi) is 2.82. The minimum atomic E-state index is -1.66. The number of benzene rings is 1. The summed E-state index contributed by atoms with van der Waals surface area (Å²) in [5.74, 6) is -2.42. The van der Waals surface area contributed by atoms with Gasteiger partial charge in [0.1, 0.15) is 11.3 Å². The SMILES string of the molecule is CC1COC2(N=C(N)C3(C#N)C(c4cccc([N+](=O)[O-])c4)C23C#N)O1. The lowest BCUT2D eigenvalue weighted by atomic mass is 9.94. The Balaban J connectivity index is 1.90. The second-order valence-corrected chi connectivity index (χ2v) is 6.44. The van der Waals surface area contributed by atoms with Crippen molar-refractivity contribution in [2.75, 3.05) is 6.61 Å². The molecule has 1 spiro atoms. The highest BCUT2D eigenvalue weighted by Crippen LogP contribution is 2.82. The van der Waals surface area contributed by atoms with Gasteiger partial charge in [-0.1, -0.05) is 12.1 Å². The molecule has 3 aliphatic rings. The Morgan fingerprint density at radius 1 is 1.44 bits per heavy atom. The fourth-order valence-electron chi connectivity index (χ4n) is 4.18. The number of fused-ring (bicyclic) bond motifs is 2. The van der Waals surface area contributed by atoms with Gasteiger partial charge in [-0.05, 0) is 12.5 Å². The average molecular weight is 339 g/mol. The Morgan fingerprint density at radius 3 is 2.76 bits per heavy atom. The van der Waals surface area contributed by atoms with Crippen molar-refractivity contribution in [1.29, 1.82) is 10.5 Å². The van der Waals surface area contributed by atoms with Gasteiger partial charge in [-0.15, -0.1) is 0 Å². The number of nitro groups is 1. The number of nitro benzene ring substituents is 1. The third-order valence-corrected chi connectivity index (χ3v) is 5.22. The molecule has 1 aliphatic carbocycles. The van der Waals surface area contributed by atoms with Crippen molar-refractivity contribution in [2.45, 2.75) is 24.9 Å². The van der Waals surface area contributed by atoms with Crippen molar-refractivity contribution in [2.24, 2.45) is 21.6 Å². The van der Waals surface area contributed by atoms with Crippen LogP contribution in [-0.4, -0.2) is 29.4 Å². The second-order valence-electron chi connectivity index (χ2n) is 6.44. The molecule has 0 bridgehead atoms. The summed E-state index contributed by atoms with van der Waals surface area (Å²) in [6.45, 7) is 1.98. The van der Waals surface area contributed by atoms with E-state index in [-0.39, 0.29) is 24.2 Å². The van der Waals surface area contributed by atoms with Crippen LogP contribution in [0.25, 0.3) is 0 Å². The molecule has 25 heavy (non-hydrogen) atoms. The van der Waals surface area contributed by atoms with Gasteiger partial charge < -0.3 is 15.2 Å². The van der Waals surface area contributed by atoms with Gasteiger partial charge in [0, 0.05) is 18.1 Å². The lowest BCUT2D eigenvalue weighted by Crippen LogP contribution is -2.39. The smallest absolute Gasteiger partial charge is 0.293 e. The molecule has 0 aromatic heterocycles. The fraction of sp³-hybridized carbons (Fsp3) is 0.438. The summed E-state index contributed by atoms with van der Waals surface area (Å²) in [5, 5.41) is 30.9. The van der Waals surface area contributed by atoms with E-state index in [4.69, 9.17) is 15.2 Å². The zero-order valence-electron chi connectivity index (χ0n) is 13.2. The van der Waals surface area contributed by atoms with E-state index in [0.717, 1.165) is 0 Å². The third-order valence-electron chi connectivity index (χ3n) is 5.22. The van der Waals surface area contributed by atoms with Crippen LogP contribution in [0.4, 0.5) is 5.69 Å². The molecule has 2 aliphatic heterocycles. The first-order chi connectivity index (χ1) is 11.9. The molecule has 2 N–H and O–H groups in total. The van der Waals surface area contributed by atoms with Crippen molar-refractivity contribution < 1.29 is 14.4 Å². The maximum absolute atomic E-state index is 11.1. The molecule has 1 aromatic rings. The molecule has 9 heteroatoms. The molecule has 2 heterocycles. The first-order valence-corrected chi connectivity index (χ1v) is 7.63. The summed E-state index contributed by atoms with van der Waals surface area (Å²) < 4.78 is 11.5. The molecule has 0 radical (unpaired) electrons. The van der Waals surface area contributed by atoms with Gasteiger partial charge in [-0.2, -0.15) is 10.5 Å². The van der Waals surface area contributed by atoms with Gasteiger partial charge in [0.05, 0.1) is 29.8 Å². The number of rotatable bonds is 2. The van der Waals surface area contributed by atoms with Crippen LogP contribution < -0.4 is 5.73 Å². The van der Waals surface area contributed by atoms with E-state index in [1.807, 2.05) is 0 Å². The molecule has 5 unspecified atom stereocenters. The van der Waals surface area contributed by atoms with Crippen LogP contribution in [0.2, 0.25) is 0 Å². The maximum Gasteiger partial charge on any atom is 0.293 e. The monoisotopic (exact) mass is 339 g/mol. The van der Waals surface area contributed by atoms with Crippen LogP contribution >= 0.6 is 0 Å². The van der Waals surface area contributed by atoms with Crippen molar-refractivity contribution in [1.82, 2.24) is 0 Å². The molecule has 2 fully saturated rings. The van der Waals surface area contributed by atoms with Crippen LogP contribution in [-0.2, 0) is 9.47 Å². The Hall–Kier alpha value is -3.01. The van der Waals surface area contributed by atoms with Gasteiger partial charge in [-0.3, -0.25) is 10.1 Å². The number of nitrogens with zero attached hydrogens (tertiary/aromatic N) is 4. The molecule has 9 nitrogen and oxygen atoms in total. The standard InChI is InChI=1S/C16H13N5O4/c1-9-6-24-16(25-9)15(8-18)12(14(15,7-17)13(19)20-16)10-3-2-4-11(5-10)21(22)23/h2-5,9,12H,6H2,1H3,(H2,19,20). The van der Waals surface area contributed by atoms with Crippen LogP contribution in [0.15, 0.2) is 29.3 Å². The fourth-order valence-corrected chi connectivity index (χ4v) is 4.18. The quantitative estimate of drug-likeness (QED) is 0.628. The van der Waals surface area contributed by atoms with Gasteiger partial charge >= 0.3 is 0 Å². The van der Waals surface area contributed by atoms with Crippen molar-refractivity contribution in [3.63, 3.8) is 0 Å². The highest BCUT2D eigenvalue weighted by molar-refractivity contribution is 6.00. The second kappa shape index (κ2) is 4.54. The number of hydrogen-bond donors (Lipinski definition) is 1. The van der Waals surface area contributed by atoms with Gasteiger partial charge in [0.25, 0.3) is 11.6 Å². The number of nitriles is 2. The summed E-state index contributed by atoms with van der Waals surface area (Å²) in [5.41, 5.74) is 3.46. The molecule has 4 rings (SSSR count). The summed E-state index contributed by atoms with van der Waals surface area (Å²) in [6.07, 6.45) is -0.317. The van der Waals surface area contributed by atoms with Crippen LogP contribution in [0.3, 0.4) is 0 Å². The minimum Gasteiger partial charge on any atom is -0.386 e. The first kappa shape index (κ1) is 15.5. The normalized spacial score (nSPS) is 40.8. The lowest BCUT2D eigenvalue weighted by molar-refractivity contribution is -0.384. The van der Waals surface area contributed by atoms with Crippen LogP contribution in [0, 0.1) is 43.6 Å². The molecule has 126 valence electrons. The molecular formula is C16H13N5O4. The average Bonchev–Trinajstić information content (AvgIpc) is 2.99. The molecule has 1 saturated heterocycles. The van der Waals surface area contributed by atoms with Crippen LogP contribution in [0.1, 0.15) is 18.4 Å². The van der Waals surface area contributed by atoms with Crippen molar-refractivity contribution >= 4 is 11.5 Å². The van der Waals surface area contributed by atoms with E-state index in [1.54, 1.807) is 13.0 Å². The number of non-ortho nitro benzene ring substituents is 1. The Labute approximate surface area is 142 Å². The lowest BCUT2D eigenvalue weighted by Gasteiger charge is -2.26. The van der Waals surface area contributed by atoms with Crippen molar-refractivity contribution in [3.8, 4) is 12.1 Å². The summed E-state index contributed by atoms with van der Waals surface area (Å²) in [4.78, 5) is 14.7. The highest BCUT2D eigenvalue weighted by Gasteiger charge is 2.94. The number of nitrogens with two attached hydrogens (primary N) is 1. The minimum absolute atomic E-state index is 0.0397. The molecule has 0 amide bonds. The predicted octanol–water partition coefficient (Wildman–Crippen LogP) is 1.17. The third kappa shape index (κ3) is 1.50. The van der Waals surface area contributed by atoms with E-state index in [2.05, 4.69) is 17.1 Å². The predicted molar refractivity (Wildman–Crippen MR) is 82.8 cm³/mol. The Morgan fingerprint density at radius 2 is 2.20 bits per heavy atom. The zero-order chi connectivity index (χ0) is 18.0. The number of ether oxygens (including phenoxy) is 2. The zero-order valence-corrected chi connectivity index (χ0v) is 13.2. The van der Waals surface area contributed by atoms with E-state index in [0.29, 0.717) is 5.56 Å². The first-order valence-electron chi connectivity index (χ1n) is 7.63. The van der Waals surface area contributed by atoms with Gasteiger partial charge in [-0.25, -0.2) is 4.99 Å². The molecule has 5 atom stereocenters. The largest absolute Gasteiger partial charge is 0.386 e. The summed E-state index contributed by atoms with van der Waals surface area (Å²) >= 11 is 0. The number of amidine groups is 1. The molecular weight excluding hydrogens is 326 g/mol. The van der Waals surface area contributed by atoms with Crippen molar-refractivity contribution in [3.05, 3.63) is 39.9 Å². The molecule has 1 saturated carbocycles. The van der Waals surface area contributed by atoms with E-state index in [9.17, 15) is 20.6 Å². The Bertz CT molecular complexity index is 918. The number of aliphatic imine (C=N–C) groups is 1. The van der Waals surface area contributed by atoms with E-state index >= 15 is 0 Å². The van der Waals surface area contributed by atoms with Crippen LogP contribution in [0.5, 0.6) is 0 Å². The van der Waals surface area contributed by atoms with E-state index in [1.165, 1.54) is 18.2 Å². The van der Waals surface area contributed by atoms with Gasteiger partial charge in [0.15, 0.2) is 5.41 Å². The highest BCUT2D eigenvalue weighted by atomic mass is 16.8. The molecule has 1 aromatic carbocycles. The topological polar surface area (TPSA) is 148 Å². The summed E-state index contributed by atoms with van der Waals surface area (Å²) in [6, 6.07) is 10.1. The summed E-state index contributed by atoms with van der Waals surface area (Å²) in [7, 11) is 0. The maximum atomic E-state index is 11.1. The van der Waals surface area contributed by atoms with E-state index < -0.39 is 27.6 Å².